The van der Waals surface area contributed by atoms with E-state index in [9.17, 15) is 38.4 Å². The molecule has 0 fully saturated rings. The van der Waals surface area contributed by atoms with Crippen molar-refractivity contribution >= 4 is 47.4 Å². The molecule has 0 saturated carbocycles. The average molecular weight is 470 g/mol. The molecule has 0 spiro atoms. The molecule has 0 aromatic rings. The van der Waals surface area contributed by atoms with Crippen molar-refractivity contribution in [1.29, 1.82) is 0 Å². The van der Waals surface area contributed by atoms with E-state index in [1.165, 1.54) is 6.92 Å². The maximum Gasteiger partial charge on any atom is 0.372 e. The minimum atomic E-state index is -1.58. The van der Waals surface area contributed by atoms with Crippen LogP contribution in [0, 0.1) is 0 Å². The quantitative estimate of drug-likeness (QED) is 0.158. The van der Waals surface area contributed by atoms with Gasteiger partial charge in [0, 0.05) is 19.8 Å². The van der Waals surface area contributed by atoms with Crippen LogP contribution in [0.5, 0.6) is 0 Å². The lowest BCUT2D eigenvalue weighted by Crippen LogP contribution is -2.30. The van der Waals surface area contributed by atoms with Crippen LogP contribution in [0.2, 0.25) is 0 Å². The van der Waals surface area contributed by atoms with Gasteiger partial charge < -0.3 is 42.1 Å². The first-order valence-corrected chi connectivity index (χ1v) is 8.26. The summed E-state index contributed by atoms with van der Waals surface area (Å²) >= 11 is 0. The highest BCUT2D eigenvalue weighted by molar-refractivity contribution is 6.32. The molecule has 0 aliphatic carbocycles. The minimum Gasteiger partial charge on any atom is -0.481 e. The zero-order chi connectivity index (χ0) is 26.6. The van der Waals surface area contributed by atoms with Crippen LogP contribution in [0.4, 0.5) is 0 Å². The third-order valence-electron chi connectivity index (χ3n) is 2.48. The Morgan fingerprint density at radius 3 is 1.19 bits per heavy atom. The molecule has 32 heavy (non-hydrogen) atoms. The molecule has 0 bridgehead atoms. The summed E-state index contributed by atoms with van der Waals surface area (Å²) in [5, 5.41) is 47.7. The number of carbonyl (C=O) groups is 8. The fourth-order valence-corrected chi connectivity index (χ4v) is 0.730. The predicted octanol–water partition coefficient (Wildman–Crippen LogP) is -2.15. The summed E-state index contributed by atoms with van der Waals surface area (Å²) in [4.78, 5) is 78.1. The molecule has 16 nitrogen and oxygen atoms in total. The number of hydrogen-bond donors (Lipinski definition) is 8. The van der Waals surface area contributed by atoms with Crippen LogP contribution in [0.15, 0.2) is 0 Å². The Morgan fingerprint density at radius 1 is 0.656 bits per heavy atom. The number of aliphatic carboxylic acids is 6. The molecule has 0 amide bonds. The smallest absolute Gasteiger partial charge is 0.372 e. The van der Waals surface area contributed by atoms with Crippen molar-refractivity contribution in [2.75, 3.05) is 0 Å². The molecule has 0 radical (unpaired) electrons. The van der Waals surface area contributed by atoms with E-state index in [1.54, 1.807) is 0 Å². The molecule has 0 unspecified atom stereocenters. The van der Waals surface area contributed by atoms with Gasteiger partial charge in [0.1, 0.15) is 12.1 Å². The highest BCUT2D eigenvalue weighted by Crippen LogP contribution is 1.93. The number of nitrogens with two attached hydrogens (primary N) is 2. The van der Waals surface area contributed by atoms with Crippen molar-refractivity contribution in [2.24, 2.45) is 11.5 Å². The molecular formula is C16H26N2O14. The number of carboxylic acid groups (broad SMARTS) is 6. The predicted molar refractivity (Wildman–Crippen MR) is 102 cm³/mol. The van der Waals surface area contributed by atoms with E-state index in [-0.39, 0.29) is 12.8 Å². The van der Waals surface area contributed by atoms with E-state index in [2.05, 4.69) is 0 Å². The van der Waals surface area contributed by atoms with E-state index in [4.69, 9.17) is 42.1 Å². The maximum absolute atomic E-state index is 10.2. The van der Waals surface area contributed by atoms with Gasteiger partial charge in [0.15, 0.2) is 0 Å². The third kappa shape index (κ3) is 33.6. The molecule has 10 N–H and O–H groups in total. The second kappa shape index (κ2) is 20.4. The van der Waals surface area contributed by atoms with E-state index < -0.39 is 72.3 Å². The van der Waals surface area contributed by atoms with Gasteiger partial charge in [0.2, 0.25) is 11.6 Å². The van der Waals surface area contributed by atoms with Crippen molar-refractivity contribution in [3.05, 3.63) is 0 Å². The van der Waals surface area contributed by atoms with Gasteiger partial charge in [-0.2, -0.15) is 0 Å². The normalized spacial score (nSPS) is 10.6. The summed E-state index contributed by atoms with van der Waals surface area (Å²) < 4.78 is 0. The molecule has 0 heterocycles. The lowest BCUT2D eigenvalue weighted by atomic mass is 10.2. The zero-order valence-corrected chi connectivity index (χ0v) is 17.1. The van der Waals surface area contributed by atoms with Crippen LogP contribution >= 0.6 is 0 Å². The van der Waals surface area contributed by atoms with Crippen molar-refractivity contribution in [3.8, 4) is 0 Å². The number of rotatable bonds is 10. The monoisotopic (exact) mass is 470 g/mol. The Balaban J connectivity index is -0.000000168. The fourth-order valence-electron chi connectivity index (χ4n) is 0.730. The summed E-state index contributed by atoms with van der Waals surface area (Å²) in [5.41, 5.74) is 9.84. The Morgan fingerprint density at radius 2 is 1.00 bits per heavy atom. The van der Waals surface area contributed by atoms with E-state index in [0.29, 0.717) is 0 Å². The van der Waals surface area contributed by atoms with Crippen LogP contribution in [0.3, 0.4) is 0 Å². The van der Waals surface area contributed by atoms with Crippen molar-refractivity contribution in [3.63, 3.8) is 0 Å². The Labute approximate surface area is 180 Å². The van der Waals surface area contributed by atoms with Gasteiger partial charge in [0.25, 0.3) is 0 Å². The van der Waals surface area contributed by atoms with Crippen LogP contribution < -0.4 is 11.5 Å². The summed E-state index contributed by atoms with van der Waals surface area (Å²) in [7, 11) is 0. The summed E-state index contributed by atoms with van der Waals surface area (Å²) in [6.45, 7) is 2.42. The van der Waals surface area contributed by atoms with Crippen LogP contribution in [0.1, 0.15) is 39.5 Å². The van der Waals surface area contributed by atoms with Crippen molar-refractivity contribution in [1.82, 2.24) is 0 Å². The summed E-state index contributed by atoms with van der Waals surface area (Å²) in [5.74, 6) is -9.18. The molecule has 2 atom stereocenters. The van der Waals surface area contributed by atoms with E-state index in [1.807, 2.05) is 0 Å². The van der Waals surface area contributed by atoms with Crippen LogP contribution in [0.25, 0.3) is 0 Å². The first-order valence-electron chi connectivity index (χ1n) is 8.26. The molecule has 184 valence electrons. The molecular weight excluding hydrogens is 444 g/mol. The molecule has 0 aromatic heterocycles. The average Bonchev–Trinajstić information content (AvgIpc) is 2.64. The summed E-state index contributed by atoms with van der Waals surface area (Å²) in [6, 6.07) is -1.79. The SMILES string of the molecule is CC(=O)C(=O)O.C[C@H](N)C(=O)O.N[C@@H](CCC(=O)O)C(=O)O.O=C(O)CCC(=O)C(=O)O. The molecule has 0 saturated heterocycles. The molecule has 16 heteroatoms. The Kier molecular flexibility index (Phi) is 22.6. The van der Waals surface area contributed by atoms with Crippen LogP contribution in [-0.2, 0) is 38.4 Å². The maximum atomic E-state index is 10.2. The Bertz CT molecular complexity index is 674. The topological polar surface area (TPSA) is 310 Å². The van der Waals surface area contributed by atoms with Gasteiger partial charge in [-0.1, -0.05) is 0 Å². The highest BCUT2D eigenvalue weighted by Gasteiger charge is 2.12. The van der Waals surface area contributed by atoms with Gasteiger partial charge >= 0.3 is 35.8 Å². The third-order valence-corrected chi connectivity index (χ3v) is 2.48. The lowest BCUT2D eigenvalue weighted by Gasteiger charge is -2.01. The number of carboxylic acids is 6. The van der Waals surface area contributed by atoms with Gasteiger partial charge in [-0.05, 0) is 13.3 Å². The number of carbonyl (C=O) groups excluding carboxylic acids is 2. The van der Waals surface area contributed by atoms with Crippen molar-refractivity contribution in [2.45, 2.75) is 51.6 Å². The second-order valence-electron chi connectivity index (χ2n) is 5.49. The molecule has 0 aliphatic rings. The van der Waals surface area contributed by atoms with Gasteiger partial charge in [-0.25, -0.2) is 9.59 Å². The largest absolute Gasteiger partial charge is 0.481 e. The molecule has 0 rings (SSSR count). The minimum absolute atomic E-state index is 0.0231. The highest BCUT2D eigenvalue weighted by atomic mass is 16.4. The van der Waals surface area contributed by atoms with Gasteiger partial charge in [-0.3, -0.25) is 28.8 Å². The lowest BCUT2D eigenvalue weighted by molar-refractivity contribution is -0.150. The van der Waals surface area contributed by atoms with E-state index >= 15 is 0 Å². The zero-order valence-electron chi connectivity index (χ0n) is 17.1. The second-order valence-corrected chi connectivity index (χ2v) is 5.49. The van der Waals surface area contributed by atoms with Crippen LogP contribution in [-0.4, -0.2) is 90.1 Å². The van der Waals surface area contributed by atoms with Crippen molar-refractivity contribution < 1.29 is 69.0 Å². The standard InChI is InChI=1S/C5H9NO4.C5H6O5.C3H7NO2.C3H4O3/c2*6-3(5(9)10)1-2-4(7)8;2*1-2(4)3(5)6/h3H,1-2,6H2,(H,7,8)(H,9,10);1-2H2,(H,7,8)(H,9,10);2H,4H2,1H3,(H,5,6);1H3,(H,5,6)/t3-;;2-;/m0.0./s1. The van der Waals surface area contributed by atoms with E-state index in [0.717, 1.165) is 6.92 Å². The number of ketones is 2. The first-order chi connectivity index (χ1) is 14.4. The number of hydrogen-bond acceptors (Lipinski definition) is 10. The molecule has 0 aromatic carbocycles. The van der Waals surface area contributed by atoms with Gasteiger partial charge in [0.05, 0.1) is 6.42 Å². The first kappa shape index (κ1) is 35.5. The summed E-state index contributed by atoms with van der Waals surface area (Å²) in [6.07, 6.45) is -1.09. The fraction of sp³-hybridized carbons (Fsp3) is 0.500. The van der Waals surface area contributed by atoms with Gasteiger partial charge in [-0.15, -0.1) is 0 Å². The molecule has 0 aliphatic heterocycles. The Hall–Kier alpha value is -3.92. The number of Topliss-reactive ketones (excluding diaryl/α,β-unsaturated/α-hetero) is 2.